The molecule has 1 saturated heterocycles. The predicted octanol–water partition coefficient (Wildman–Crippen LogP) is 4.05. The molecule has 0 bridgehead atoms. The molecule has 1 aromatic carbocycles. The van der Waals surface area contributed by atoms with Gasteiger partial charge in [-0.15, -0.1) is 0 Å². The van der Waals surface area contributed by atoms with E-state index in [1.165, 1.54) is 30.5 Å². The molecule has 2 rings (SSSR count). The van der Waals surface area contributed by atoms with E-state index < -0.39 is 0 Å². The molecule has 21 heavy (non-hydrogen) atoms. The number of hydrogen-bond acceptors (Lipinski definition) is 2. The molecule has 1 aromatic rings. The van der Waals surface area contributed by atoms with Crippen molar-refractivity contribution in [2.24, 2.45) is 11.8 Å². The molecule has 0 amide bonds. The van der Waals surface area contributed by atoms with Gasteiger partial charge in [0.1, 0.15) is 0 Å². The van der Waals surface area contributed by atoms with Gasteiger partial charge in [0.05, 0.1) is 0 Å². The standard InChI is InChI=1S/C19H32N2/c1-15(2)12-20-13-18-5-7-19(8-6-18)14-21-10-9-16(3)11-17(21)4/h5-8,15-17,20H,9-14H2,1-4H3. The summed E-state index contributed by atoms with van der Waals surface area (Å²) < 4.78 is 0. The Hall–Kier alpha value is -0.860. The van der Waals surface area contributed by atoms with Crippen LogP contribution in [0.3, 0.4) is 0 Å². The summed E-state index contributed by atoms with van der Waals surface area (Å²) in [4.78, 5) is 2.63. The van der Waals surface area contributed by atoms with E-state index in [0.29, 0.717) is 5.92 Å². The number of piperidine rings is 1. The first-order valence-electron chi connectivity index (χ1n) is 8.57. The first-order valence-corrected chi connectivity index (χ1v) is 8.57. The van der Waals surface area contributed by atoms with Gasteiger partial charge >= 0.3 is 0 Å². The van der Waals surface area contributed by atoms with Gasteiger partial charge in [0.15, 0.2) is 0 Å². The Labute approximate surface area is 130 Å². The van der Waals surface area contributed by atoms with Gasteiger partial charge in [0.2, 0.25) is 0 Å². The van der Waals surface area contributed by atoms with Gasteiger partial charge in [-0.25, -0.2) is 0 Å². The number of benzene rings is 1. The lowest BCUT2D eigenvalue weighted by Crippen LogP contribution is -2.39. The zero-order valence-corrected chi connectivity index (χ0v) is 14.2. The normalized spacial score (nSPS) is 23.7. The molecule has 1 fully saturated rings. The summed E-state index contributed by atoms with van der Waals surface area (Å²) in [7, 11) is 0. The molecule has 1 aliphatic heterocycles. The molecule has 118 valence electrons. The highest BCUT2D eigenvalue weighted by atomic mass is 15.2. The number of hydrogen-bond donors (Lipinski definition) is 1. The first-order chi connectivity index (χ1) is 10.0. The largest absolute Gasteiger partial charge is 0.312 e. The maximum absolute atomic E-state index is 3.50. The van der Waals surface area contributed by atoms with Crippen LogP contribution in [-0.2, 0) is 13.1 Å². The van der Waals surface area contributed by atoms with Crippen LogP contribution in [0.4, 0.5) is 0 Å². The average Bonchev–Trinajstić information content (AvgIpc) is 2.43. The highest BCUT2D eigenvalue weighted by Gasteiger charge is 2.22. The van der Waals surface area contributed by atoms with Crippen LogP contribution in [0.2, 0.25) is 0 Å². The van der Waals surface area contributed by atoms with E-state index in [0.717, 1.165) is 31.6 Å². The number of nitrogens with zero attached hydrogens (tertiary/aromatic N) is 1. The zero-order chi connectivity index (χ0) is 15.2. The lowest BCUT2D eigenvalue weighted by Gasteiger charge is -2.36. The molecule has 0 aromatic heterocycles. The minimum absolute atomic E-state index is 0.715. The van der Waals surface area contributed by atoms with E-state index in [4.69, 9.17) is 0 Å². The summed E-state index contributed by atoms with van der Waals surface area (Å²) in [5.41, 5.74) is 2.84. The fourth-order valence-corrected chi connectivity index (χ4v) is 3.19. The van der Waals surface area contributed by atoms with Gasteiger partial charge in [-0.1, -0.05) is 45.0 Å². The number of nitrogens with one attached hydrogen (secondary N) is 1. The van der Waals surface area contributed by atoms with Crippen molar-refractivity contribution < 1.29 is 0 Å². The second-order valence-corrected chi connectivity index (χ2v) is 7.29. The Balaban J connectivity index is 1.82. The Morgan fingerprint density at radius 3 is 2.43 bits per heavy atom. The molecule has 1 N–H and O–H groups in total. The van der Waals surface area contributed by atoms with Crippen molar-refractivity contribution in [2.45, 2.75) is 59.7 Å². The zero-order valence-electron chi connectivity index (χ0n) is 14.2. The third kappa shape index (κ3) is 5.44. The lowest BCUT2D eigenvalue weighted by atomic mass is 9.93. The van der Waals surface area contributed by atoms with E-state index >= 15 is 0 Å². The van der Waals surface area contributed by atoms with E-state index in [1.807, 2.05) is 0 Å². The van der Waals surface area contributed by atoms with Crippen molar-refractivity contribution >= 4 is 0 Å². The topological polar surface area (TPSA) is 15.3 Å². The monoisotopic (exact) mass is 288 g/mol. The fraction of sp³-hybridized carbons (Fsp3) is 0.684. The van der Waals surface area contributed by atoms with Crippen LogP contribution in [0.5, 0.6) is 0 Å². The molecule has 0 aliphatic carbocycles. The molecule has 2 heteroatoms. The van der Waals surface area contributed by atoms with Crippen LogP contribution in [0, 0.1) is 11.8 Å². The van der Waals surface area contributed by atoms with Crippen LogP contribution >= 0.6 is 0 Å². The highest BCUT2D eigenvalue weighted by molar-refractivity contribution is 5.22. The lowest BCUT2D eigenvalue weighted by molar-refractivity contribution is 0.122. The van der Waals surface area contributed by atoms with Crippen LogP contribution < -0.4 is 5.32 Å². The molecule has 0 saturated carbocycles. The fourth-order valence-electron chi connectivity index (χ4n) is 3.19. The van der Waals surface area contributed by atoms with Crippen LogP contribution in [0.25, 0.3) is 0 Å². The molecule has 0 spiro atoms. The molecule has 2 atom stereocenters. The van der Waals surface area contributed by atoms with Gasteiger partial charge in [-0.3, -0.25) is 4.90 Å². The van der Waals surface area contributed by atoms with Gasteiger partial charge in [0, 0.05) is 19.1 Å². The second-order valence-electron chi connectivity index (χ2n) is 7.29. The summed E-state index contributed by atoms with van der Waals surface area (Å²) >= 11 is 0. The molecule has 0 radical (unpaired) electrons. The van der Waals surface area contributed by atoms with Crippen molar-refractivity contribution in [1.29, 1.82) is 0 Å². The Kier molecular flexibility index (Phi) is 6.25. The van der Waals surface area contributed by atoms with E-state index in [1.54, 1.807) is 0 Å². The third-order valence-corrected chi connectivity index (χ3v) is 4.57. The predicted molar refractivity (Wildman–Crippen MR) is 91.3 cm³/mol. The second kappa shape index (κ2) is 7.95. The summed E-state index contributed by atoms with van der Waals surface area (Å²) in [6, 6.07) is 9.88. The van der Waals surface area contributed by atoms with E-state index in [9.17, 15) is 0 Å². The quantitative estimate of drug-likeness (QED) is 0.849. The third-order valence-electron chi connectivity index (χ3n) is 4.57. The van der Waals surface area contributed by atoms with E-state index in [-0.39, 0.29) is 0 Å². The Bertz CT molecular complexity index is 410. The first kappa shape index (κ1) is 16.5. The number of likely N-dealkylation sites (tertiary alicyclic amines) is 1. The maximum Gasteiger partial charge on any atom is 0.0236 e. The van der Waals surface area contributed by atoms with Crippen LogP contribution in [-0.4, -0.2) is 24.0 Å². The molecule has 1 heterocycles. The van der Waals surface area contributed by atoms with Crippen molar-refractivity contribution in [3.63, 3.8) is 0 Å². The number of rotatable bonds is 6. The van der Waals surface area contributed by atoms with Crippen molar-refractivity contribution in [3.8, 4) is 0 Å². The van der Waals surface area contributed by atoms with E-state index in [2.05, 4.69) is 62.2 Å². The average molecular weight is 288 g/mol. The van der Waals surface area contributed by atoms with Crippen LogP contribution in [0.15, 0.2) is 24.3 Å². The summed E-state index contributed by atoms with van der Waals surface area (Å²) in [6.45, 7) is 13.7. The summed E-state index contributed by atoms with van der Waals surface area (Å²) in [6.07, 6.45) is 2.69. The Morgan fingerprint density at radius 2 is 1.81 bits per heavy atom. The van der Waals surface area contributed by atoms with Gasteiger partial charge in [-0.2, -0.15) is 0 Å². The van der Waals surface area contributed by atoms with Gasteiger partial charge < -0.3 is 5.32 Å². The SMILES string of the molecule is CC(C)CNCc1ccc(CN2CCC(C)CC2C)cc1. The minimum Gasteiger partial charge on any atom is -0.312 e. The van der Waals surface area contributed by atoms with Crippen LogP contribution in [0.1, 0.15) is 51.7 Å². The highest BCUT2D eigenvalue weighted by Crippen LogP contribution is 2.23. The summed E-state index contributed by atoms with van der Waals surface area (Å²) in [5, 5.41) is 3.50. The molecule has 2 unspecified atom stereocenters. The maximum atomic E-state index is 3.50. The van der Waals surface area contributed by atoms with Crippen molar-refractivity contribution in [1.82, 2.24) is 10.2 Å². The molecular weight excluding hydrogens is 256 g/mol. The molecule has 1 aliphatic rings. The Morgan fingerprint density at radius 1 is 1.14 bits per heavy atom. The van der Waals surface area contributed by atoms with Crippen molar-refractivity contribution in [3.05, 3.63) is 35.4 Å². The molecular formula is C19H32N2. The van der Waals surface area contributed by atoms with Gasteiger partial charge in [-0.05, 0) is 55.8 Å². The van der Waals surface area contributed by atoms with Crippen molar-refractivity contribution in [2.75, 3.05) is 13.1 Å². The summed E-state index contributed by atoms with van der Waals surface area (Å²) in [5.74, 6) is 1.61. The van der Waals surface area contributed by atoms with Gasteiger partial charge in [0.25, 0.3) is 0 Å². The smallest absolute Gasteiger partial charge is 0.0236 e. The minimum atomic E-state index is 0.715. The molecule has 2 nitrogen and oxygen atoms in total.